The molecular formula is C26H35N3O3. The summed E-state index contributed by atoms with van der Waals surface area (Å²) >= 11 is 0. The lowest BCUT2D eigenvalue weighted by Gasteiger charge is -2.36. The van der Waals surface area contributed by atoms with Gasteiger partial charge in [0.1, 0.15) is 11.5 Å². The van der Waals surface area contributed by atoms with Gasteiger partial charge in [0.2, 0.25) is 0 Å². The number of hydrogen-bond donors (Lipinski definition) is 1. The Kier molecular flexibility index (Phi) is 7.20. The normalized spacial score (nSPS) is 17.4. The lowest BCUT2D eigenvalue weighted by Crippen LogP contribution is -2.40. The van der Waals surface area contributed by atoms with Crippen LogP contribution in [0.5, 0.6) is 11.5 Å². The van der Waals surface area contributed by atoms with Crippen molar-refractivity contribution >= 4 is 11.6 Å². The molecule has 172 valence electrons. The van der Waals surface area contributed by atoms with Gasteiger partial charge in [0, 0.05) is 31.9 Å². The smallest absolute Gasteiger partial charge is 0.255 e. The van der Waals surface area contributed by atoms with Gasteiger partial charge in [0.15, 0.2) is 0 Å². The Morgan fingerprint density at radius 1 is 1.00 bits per heavy atom. The second kappa shape index (κ2) is 10.3. The standard InChI is InChI=1S/C26H35N3O3/c1-28-13-7-8-19-16-20(9-12-23(19)28)24(29-14-5-4-6-15-29)18-27-26(30)22-11-10-21(31-2)17-25(22)32-3/h9-12,16-17,24H,4-8,13-15,18H2,1-3H3,(H,27,30). The van der Waals surface area contributed by atoms with Gasteiger partial charge in [-0.2, -0.15) is 0 Å². The van der Waals surface area contributed by atoms with Crippen LogP contribution in [-0.4, -0.2) is 58.3 Å². The Labute approximate surface area is 191 Å². The number of benzene rings is 2. The average molecular weight is 438 g/mol. The molecule has 2 aliphatic heterocycles. The van der Waals surface area contributed by atoms with E-state index >= 15 is 0 Å². The summed E-state index contributed by atoms with van der Waals surface area (Å²) in [5.74, 6) is 1.07. The molecule has 0 saturated carbocycles. The summed E-state index contributed by atoms with van der Waals surface area (Å²) in [5, 5.41) is 3.18. The number of amides is 1. The molecule has 1 amide bonds. The number of carbonyl (C=O) groups excluding carboxylic acids is 1. The van der Waals surface area contributed by atoms with Crippen LogP contribution < -0.4 is 19.7 Å². The number of piperidine rings is 1. The second-order valence-electron chi connectivity index (χ2n) is 8.80. The third-order valence-electron chi connectivity index (χ3n) is 6.78. The van der Waals surface area contributed by atoms with Crippen molar-refractivity contribution in [2.75, 3.05) is 52.3 Å². The highest BCUT2D eigenvalue weighted by Gasteiger charge is 2.25. The number of carbonyl (C=O) groups is 1. The van der Waals surface area contributed by atoms with Crippen LogP contribution in [0.3, 0.4) is 0 Å². The van der Waals surface area contributed by atoms with E-state index in [0.29, 0.717) is 23.6 Å². The second-order valence-corrected chi connectivity index (χ2v) is 8.80. The maximum absolute atomic E-state index is 13.1. The molecule has 1 atom stereocenters. The minimum absolute atomic E-state index is 0.121. The van der Waals surface area contributed by atoms with Crippen molar-refractivity contribution in [2.45, 2.75) is 38.1 Å². The van der Waals surface area contributed by atoms with Gasteiger partial charge in [-0.1, -0.05) is 18.6 Å². The first-order valence-corrected chi connectivity index (χ1v) is 11.7. The van der Waals surface area contributed by atoms with Crippen LogP contribution >= 0.6 is 0 Å². The van der Waals surface area contributed by atoms with Gasteiger partial charge in [0.25, 0.3) is 5.91 Å². The van der Waals surface area contributed by atoms with Crippen LogP contribution in [0.4, 0.5) is 5.69 Å². The van der Waals surface area contributed by atoms with Crippen molar-refractivity contribution in [1.29, 1.82) is 0 Å². The number of aryl methyl sites for hydroxylation is 1. The highest BCUT2D eigenvalue weighted by Crippen LogP contribution is 2.32. The zero-order chi connectivity index (χ0) is 22.5. The number of ether oxygens (including phenoxy) is 2. The summed E-state index contributed by atoms with van der Waals surface area (Å²) in [6.45, 7) is 3.83. The predicted octanol–water partition coefficient (Wildman–Crippen LogP) is 4.04. The van der Waals surface area contributed by atoms with Crippen molar-refractivity contribution in [3.63, 3.8) is 0 Å². The summed E-state index contributed by atoms with van der Waals surface area (Å²) in [7, 11) is 5.35. The molecule has 0 aromatic heterocycles. The van der Waals surface area contributed by atoms with E-state index in [-0.39, 0.29) is 11.9 Å². The molecule has 1 saturated heterocycles. The number of rotatable bonds is 7. The monoisotopic (exact) mass is 437 g/mol. The minimum Gasteiger partial charge on any atom is -0.497 e. The number of hydrogen-bond acceptors (Lipinski definition) is 5. The van der Waals surface area contributed by atoms with Gasteiger partial charge >= 0.3 is 0 Å². The number of methoxy groups -OCH3 is 2. The molecule has 0 spiro atoms. The Balaban J connectivity index is 1.55. The quantitative estimate of drug-likeness (QED) is 0.708. The number of anilines is 1. The van der Waals surface area contributed by atoms with Crippen LogP contribution in [0.1, 0.15) is 53.2 Å². The zero-order valence-corrected chi connectivity index (χ0v) is 19.5. The summed E-state index contributed by atoms with van der Waals surface area (Å²) in [4.78, 5) is 17.9. The fourth-order valence-corrected chi connectivity index (χ4v) is 4.97. The first-order valence-electron chi connectivity index (χ1n) is 11.7. The fraction of sp³-hybridized carbons (Fsp3) is 0.500. The van der Waals surface area contributed by atoms with Crippen molar-refractivity contribution < 1.29 is 14.3 Å². The van der Waals surface area contributed by atoms with E-state index in [1.54, 1.807) is 32.4 Å². The van der Waals surface area contributed by atoms with E-state index in [4.69, 9.17) is 9.47 Å². The van der Waals surface area contributed by atoms with Crippen LogP contribution in [0.25, 0.3) is 0 Å². The summed E-state index contributed by atoms with van der Waals surface area (Å²) in [6, 6.07) is 12.3. The minimum atomic E-state index is -0.121. The van der Waals surface area contributed by atoms with Crippen molar-refractivity contribution in [1.82, 2.24) is 10.2 Å². The van der Waals surface area contributed by atoms with E-state index in [1.165, 1.54) is 42.5 Å². The number of likely N-dealkylation sites (tertiary alicyclic amines) is 1. The van der Waals surface area contributed by atoms with Gasteiger partial charge in [-0.3, -0.25) is 9.69 Å². The molecular weight excluding hydrogens is 402 g/mol. The summed E-state index contributed by atoms with van der Waals surface area (Å²) in [6.07, 6.45) is 6.02. The highest BCUT2D eigenvalue weighted by atomic mass is 16.5. The number of nitrogens with one attached hydrogen (secondary N) is 1. The van der Waals surface area contributed by atoms with Crippen LogP contribution in [-0.2, 0) is 6.42 Å². The van der Waals surface area contributed by atoms with Crippen LogP contribution in [0.15, 0.2) is 36.4 Å². The first kappa shape index (κ1) is 22.5. The Hall–Kier alpha value is -2.73. The number of nitrogens with zero attached hydrogens (tertiary/aromatic N) is 2. The third kappa shape index (κ3) is 4.85. The fourth-order valence-electron chi connectivity index (χ4n) is 4.97. The zero-order valence-electron chi connectivity index (χ0n) is 19.5. The number of fused-ring (bicyclic) bond motifs is 1. The molecule has 2 aromatic carbocycles. The maximum atomic E-state index is 13.1. The first-order chi connectivity index (χ1) is 15.6. The Bertz CT molecular complexity index is 940. The molecule has 1 unspecified atom stereocenters. The van der Waals surface area contributed by atoms with Gasteiger partial charge in [-0.15, -0.1) is 0 Å². The highest BCUT2D eigenvalue weighted by molar-refractivity contribution is 5.97. The van der Waals surface area contributed by atoms with Crippen LogP contribution in [0, 0.1) is 0 Å². The molecule has 32 heavy (non-hydrogen) atoms. The molecule has 2 aromatic rings. The van der Waals surface area contributed by atoms with E-state index in [1.807, 2.05) is 0 Å². The van der Waals surface area contributed by atoms with Gasteiger partial charge < -0.3 is 19.7 Å². The summed E-state index contributed by atoms with van der Waals surface area (Å²) < 4.78 is 10.7. The molecule has 2 aliphatic rings. The van der Waals surface area contributed by atoms with E-state index in [0.717, 1.165) is 26.1 Å². The van der Waals surface area contributed by atoms with Gasteiger partial charge in [0.05, 0.1) is 25.8 Å². The molecule has 2 heterocycles. The Morgan fingerprint density at radius 2 is 1.81 bits per heavy atom. The van der Waals surface area contributed by atoms with Gasteiger partial charge in [-0.05, 0) is 68.1 Å². The SMILES string of the molecule is COc1ccc(C(=O)NCC(c2ccc3c(c2)CCCN3C)N2CCCCC2)c(OC)c1. The topological polar surface area (TPSA) is 54.0 Å². The van der Waals surface area contributed by atoms with E-state index < -0.39 is 0 Å². The van der Waals surface area contributed by atoms with Crippen LogP contribution in [0.2, 0.25) is 0 Å². The predicted molar refractivity (Wildman–Crippen MR) is 128 cm³/mol. The maximum Gasteiger partial charge on any atom is 0.255 e. The van der Waals surface area contributed by atoms with Crippen molar-refractivity contribution in [3.05, 3.63) is 53.1 Å². The third-order valence-corrected chi connectivity index (χ3v) is 6.78. The Morgan fingerprint density at radius 3 is 2.56 bits per heavy atom. The molecule has 6 heteroatoms. The molecule has 0 aliphatic carbocycles. The molecule has 6 nitrogen and oxygen atoms in total. The largest absolute Gasteiger partial charge is 0.497 e. The van der Waals surface area contributed by atoms with Crippen molar-refractivity contribution in [3.8, 4) is 11.5 Å². The van der Waals surface area contributed by atoms with Crippen molar-refractivity contribution in [2.24, 2.45) is 0 Å². The van der Waals surface area contributed by atoms with Gasteiger partial charge in [-0.25, -0.2) is 0 Å². The lowest BCUT2D eigenvalue weighted by atomic mass is 9.95. The lowest BCUT2D eigenvalue weighted by molar-refractivity contribution is 0.0921. The molecule has 0 radical (unpaired) electrons. The average Bonchev–Trinajstić information content (AvgIpc) is 2.84. The molecule has 1 fully saturated rings. The summed E-state index contributed by atoms with van der Waals surface area (Å²) in [5.41, 5.74) is 4.58. The molecule has 1 N–H and O–H groups in total. The van der Waals surface area contributed by atoms with E-state index in [9.17, 15) is 4.79 Å². The van der Waals surface area contributed by atoms with E-state index in [2.05, 4.69) is 40.4 Å². The molecule has 4 rings (SSSR count). The molecule has 0 bridgehead atoms.